The van der Waals surface area contributed by atoms with Crippen molar-refractivity contribution in [3.05, 3.63) is 5.82 Å². The monoisotopic (exact) mass is 212 g/mol. The topological polar surface area (TPSA) is 72.9 Å². The Morgan fingerprint density at radius 1 is 1.33 bits per heavy atom. The molecule has 0 spiro atoms. The van der Waals surface area contributed by atoms with Gasteiger partial charge < -0.3 is 10.6 Å². The van der Waals surface area contributed by atoms with E-state index in [0.29, 0.717) is 6.54 Å². The van der Waals surface area contributed by atoms with E-state index in [1.54, 1.807) is 0 Å². The quantitative estimate of drug-likeness (QED) is 0.660. The van der Waals surface area contributed by atoms with Crippen LogP contribution in [0.15, 0.2) is 0 Å². The lowest BCUT2D eigenvalue weighted by molar-refractivity contribution is 0.376. The minimum atomic E-state index is 0.685. The van der Waals surface area contributed by atoms with Crippen LogP contribution in [-0.4, -0.2) is 52.3 Å². The van der Waals surface area contributed by atoms with Crippen molar-refractivity contribution in [2.45, 2.75) is 25.8 Å². The number of rotatable bonds is 7. The number of aryl methyl sites for hydroxylation is 2. The first-order chi connectivity index (χ1) is 7.24. The zero-order valence-corrected chi connectivity index (χ0v) is 9.56. The van der Waals surface area contributed by atoms with Gasteiger partial charge in [-0.1, -0.05) is 0 Å². The van der Waals surface area contributed by atoms with Crippen molar-refractivity contribution in [1.29, 1.82) is 0 Å². The SMILES string of the molecule is CN(C)CCCn1nnnc1CCCN. The zero-order chi connectivity index (χ0) is 11.1. The van der Waals surface area contributed by atoms with Gasteiger partial charge in [0.05, 0.1) is 0 Å². The molecule has 1 rings (SSSR count). The first-order valence-electron chi connectivity index (χ1n) is 5.34. The fourth-order valence-electron chi connectivity index (χ4n) is 1.37. The molecule has 0 aliphatic heterocycles. The summed E-state index contributed by atoms with van der Waals surface area (Å²) in [6.07, 6.45) is 2.87. The second kappa shape index (κ2) is 6.47. The molecule has 0 atom stereocenters. The molecule has 0 unspecified atom stereocenters. The summed E-state index contributed by atoms with van der Waals surface area (Å²) in [4.78, 5) is 2.16. The molecule has 0 aromatic carbocycles. The van der Waals surface area contributed by atoms with Crippen LogP contribution in [0.5, 0.6) is 0 Å². The maximum Gasteiger partial charge on any atom is 0.151 e. The Balaban J connectivity index is 2.35. The summed E-state index contributed by atoms with van der Waals surface area (Å²) < 4.78 is 1.87. The molecule has 0 amide bonds. The maximum absolute atomic E-state index is 5.45. The van der Waals surface area contributed by atoms with Crippen molar-refractivity contribution < 1.29 is 0 Å². The van der Waals surface area contributed by atoms with E-state index < -0.39 is 0 Å². The highest BCUT2D eigenvalue weighted by Crippen LogP contribution is 1.98. The van der Waals surface area contributed by atoms with Crippen LogP contribution in [0.4, 0.5) is 0 Å². The molecular formula is C9H20N6. The van der Waals surface area contributed by atoms with E-state index in [-0.39, 0.29) is 0 Å². The van der Waals surface area contributed by atoms with Crippen LogP contribution < -0.4 is 5.73 Å². The highest BCUT2D eigenvalue weighted by Gasteiger charge is 2.04. The van der Waals surface area contributed by atoms with Crippen molar-refractivity contribution in [2.75, 3.05) is 27.2 Å². The van der Waals surface area contributed by atoms with Crippen LogP contribution in [0, 0.1) is 0 Å². The average Bonchev–Trinajstić information content (AvgIpc) is 2.62. The van der Waals surface area contributed by atoms with Crippen LogP contribution >= 0.6 is 0 Å². The molecule has 6 nitrogen and oxygen atoms in total. The third-order valence-corrected chi connectivity index (χ3v) is 2.19. The third-order valence-electron chi connectivity index (χ3n) is 2.19. The lowest BCUT2D eigenvalue weighted by Gasteiger charge is -2.09. The Morgan fingerprint density at radius 2 is 2.13 bits per heavy atom. The summed E-state index contributed by atoms with van der Waals surface area (Å²) >= 11 is 0. The molecule has 0 saturated heterocycles. The Morgan fingerprint density at radius 3 is 2.80 bits per heavy atom. The molecule has 1 aromatic heterocycles. The fraction of sp³-hybridized carbons (Fsp3) is 0.889. The highest BCUT2D eigenvalue weighted by atomic mass is 15.5. The van der Waals surface area contributed by atoms with Gasteiger partial charge in [-0.3, -0.25) is 0 Å². The first kappa shape index (κ1) is 12.1. The van der Waals surface area contributed by atoms with Crippen LogP contribution in [0.2, 0.25) is 0 Å². The van der Waals surface area contributed by atoms with Crippen molar-refractivity contribution >= 4 is 0 Å². The van der Waals surface area contributed by atoms with Gasteiger partial charge in [0.15, 0.2) is 5.82 Å². The Labute approximate surface area is 90.4 Å². The predicted molar refractivity (Wildman–Crippen MR) is 58.4 cm³/mol. The molecular weight excluding hydrogens is 192 g/mol. The second-order valence-electron chi connectivity index (χ2n) is 3.87. The Kier molecular flexibility index (Phi) is 5.20. The molecule has 2 N–H and O–H groups in total. The first-order valence-corrected chi connectivity index (χ1v) is 5.34. The summed E-state index contributed by atoms with van der Waals surface area (Å²) in [5.74, 6) is 0.944. The number of hydrogen-bond donors (Lipinski definition) is 1. The summed E-state index contributed by atoms with van der Waals surface area (Å²) in [7, 11) is 4.13. The van der Waals surface area contributed by atoms with Gasteiger partial charge in [0.2, 0.25) is 0 Å². The Bertz CT molecular complexity index is 269. The third kappa shape index (κ3) is 4.35. The minimum absolute atomic E-state index is 0.685. The van der Waals surface area contributed by atoms with Gasteiger partial charge in [-0.15, -0.1) is 5.10 Å². The van der Waals surface area contributed by atoms with E-state index in [9.17, 15) is 0 Å². The zero-order valence-electron chi connectivity index (χ0n) is 9.56. The largest absolute Gasteiger partial charge is 0.330 e. The standard InChI is InChI=1S/C9H20N6/c1-14(2)7-4-8-15-9(5-3-6-10)11-12-13-15/h3-8,10H2,1-2H3. The number of tetrazole rings is 1. The molecule has 0 aliphatic carbocycles. The summed E-state index contributed by atoms with van der Waals surface area (Å²) in [5.41, 5.74) is 5.45. The number of aromatic nitrogens is 4. The van der Waals surface area contributed by atoms with E-state index in [0.717, 1.165) is 38.2 Å². The molecule has 0 saturated carbocycles. The summed E-state index contributed by atoms with van der Waals surface area (Å²) in [5, 5.41) is 11.6. The van der Waals surface area contributed by atoms with E-state index in [2.05, 4.69) is 34.5 Å². The maximum atomic E-state index is 5.45. The van der Waals surface area contributed by atoms with Crippen LogP contribution in [0.1, 0.15) is 18.7 Å². The molecule has 0 fully saturated rings. The van der Waals surface area contributed by atoms with Crippen molar-refractivity contribution in [1.82, 2.24) is 25.1 Å². The number of nitrogens with zero attached hydrogens (tertiary/aromatic N) is 5. The molecule has 15 heavy (non-hydrogen) atoms. The van der Waals surface area contributed by atoms with Gasteiger partial charge >= 0.3 is 0 Å². The normalized spacial score (nSPS) is 11.2. The van der Waals surface area contributed by atoms with E-state index in [1.165, 1.54) is 0 Å². The fourth-order valence-corrected chi connectivity index (χ4v) is 1.37. The van der Waals surface area contributed by atoms with Crippen molar-refractivity contribution in [2.24, 2.45) is 5.73 Å². The van der Waals surface area contributed by atoms with Crippen LogP contribution in [-0.2, 0) is 13.0 Å². The average molecular weight is 212 g/mol. The van der Waals surface area contributed by atoms with Gasteiger partial charge in [-0.25, -0.2) is 4.68 Å². The van der Waals surface area contributed by atoms with E-state index in [1.807, 2.05) is 4.68 Å². The predicted octanol–water partition coefficient (Wildman–Crippen LogP) is -0.484. The van der Waals surface area contributed by atoms with Crippen molar-refractivity contribution in [3.8, 4) is 0 Å². The molecule has 86 valence electrons. The van der Waals surface area contributed by atoms with Gasteiger partial charge in [-0.05, 0) is 50.5 Å². The van der Waals surface area contributed by atoms with Gasteiger partial charge in [-0.2, -0.15) is 0 Å². The number of nitrogens with two attached hydrogens (primary N) is 1. The minimum Gasteiger partial charge on any atom is -0.330 e. The van der Waals surface area contributed by atoms with Gasteiger partial charge in [0, 0.05) is 13.0 Å². The van der Waals surface area contributed by atoms with Gasteiger partial charge in [0.1, 0.15) is 0 Å². The number of hydrogen-bond acceptors (Lipinski definition) is 5. The lowest BCUT2D eigenvalue weighted by atomic mass is 10.3. The lowest BCUT2D eigenvalue weighted by Crippen LogP contribution is -2.16. The molecule has 6 heteroatoms. The van der Waals surface area contributed by atoms with Crippen LogP contribution in [0.25, 0.3) is 0 Å². The van der Waals surface area contributed by atoms with Gasteiger partial charge in [0.25, 0.3) is 0 Å². The van der Waals surface area contributed by atoms with E-state index >= 15 is 0 Å². The smallest absolute Gasteiger partial charge is 0.151 e. The summed E-state index contributed by atoms with van der Waals surface area (Å²) in [6.45, 7) is 2.62. The molecule has 0 bridgehead atoms. The van der Waals surface area contributed by atoms with E-state index in [4.69, 9.17) is 5.73 Å². The molecule has 0 aliphatic rings. The van der Waals surface area contributed by atoms with Crippen LogP contribution in [0.3, 0.4) is 0 Å². The Hall–Kier alpha value is -1.01. The van der Waals surface area contributed by atoms with Crippen molar-refractivity contribution in [3.63, 3.8) is 0 Å². The molecule has 0 radical (unpaired) electrons. The molecule has 1 aromatic rings. The second-order valence-corrected chi connectivity index (χ2v) is 3.87. The molecule has 1 heterocycles. The highest BCUT2D eigenvalue weighted by molar-refractivity contribution is 4.80. The summed E-state index contributed by atoms with van der Waals surface area (Å²) in [6, 6.07) is 0.